The average Bonchev–Trinajstić information content (AvgIpc) is 3.39. The van der Waals surface area contributed by atoms with Gasteiger partial charge in [0.05, 0.1) is 41.6 Å². The minimum absolute atomic E-state index is 0.0444. The molecule has 2 unspecified atom stereocenters. The Morgan fingerprint density at radius 3 is 2.86 bits per heavy atom. The van der Waals surface area contributed by atoms with Crippen molar-refractivity contribution in [3.63, 3.8) is 0 Å². The van der Waals surface area contributed by atoms with Gasteiger partial charge in [-0.15, -0.1) is 0 Å². The minimum atomic E-state index is -0.787. The van der Waals surface area contributed by atoms with Crippen molar-refractivity contribution in [3.05, 3.63) is 53.7 Å². The highest BCUT2D eigenvalue weighted by molar-refractivity contribution is 6.02. The number of nitriles is 1. The van der Waals surface area contributed by atoms with E-state index in [-0.39, 0.29) is 6.04 Å². The largest absolute Gasteiger partial charge is 0.323 e. The SMILES string of the molecule is Cc1cnn(Cc2nc3cnc4ccc(C#N)cc4c3n2C2CCC(F)C2)c1. The Balaban J connectivity index is 1.76. The fourth-order valence-electron chi connectivity index (χ4n) is 4.24. The van der Waals surface area contributed by atoms with E-state index in [1.807, 2.05) is 36.1 Å². The zero-order chi connectivity index (χ0) is 19.3. The number of fused-ring (bicyclic) bond motifs is 3. The maximum Gasteiger partial charge on any atom is 0.132 e. The second kappa shape index (κ2) is 6.41. The van der Waals surface area contributed by atoms with Gasteiger partial charge in [-0.3, -0.25) is 9.67 Å². The zero-order valence-electron chi connectivity index (χ0n) is 15.5. The van der Waals surface area contributed by atoms with Crippen LogP contribution < -0.4 is 0 Å². The Bertz CT molecular complexity index is 1230. The van der Waals surface area contributed by atoms with Gasteiger partial charge in [0.15, 0.2) is 0 Å². The highest BCUT2D eigenvalue weighted by Gasteiger charge is 2.29. The number of hydrogen-bond acceptors (Lipinski definition) is 4. The van der Waals surface area contributed by atoms with Crippen molar-refractivity contribution < 1.29 is 4.39 Å². The van der Waals surface area contributed by atoms with Crippen molar-refractivity contribution in [3.8, 4) is 6.07 Å². The zero-order valence-corrected chi connectivity index (χ0v) is 15.5. The standard InChI is InChI=1S/C21H19FN6/c1-13-9-25-27(11-13)12-20-26-19-10-24-18-5-2-14(8-23)6-17(18)21(19)28(20)16-4-3-15(22)7-16/h2,5-6,9-11,15-16H,3-4,7,12H2,1H3. The van der Waals surface area contributed by atoms with Crippen LogP contribution >= 0.6 is 0 Å². The van der Waals surface area contributed by atoms with E-state index in [4.69, 9.17) is 4.98 Å². The topological polar surface area (TPSA) is 72.3 Å². The molecule has 0 amide bonds. The highest BCUT2D eigenvalue weighted by Crippen LogP contribution is 2.37. The second-order valence-electron chi connectivity index (χ2n) is 7.51. The number of benzene rings is 1. The number of pyridine rings is 1. The summed E-state index contributed by atoms with van der Waals surface area (Å²) in [4.78, 5) is 9.34. The second-order valence-corrected chi connectivity index (χ2v) is 7.51. The Morgan fingerprint density at radius 1 is 1.25 bits per heavy atom. The van der Waals surface area contributed by atoms with Crippen molar-refractivity contribution in [1.29, 1.82) is 5.26 Å². The van der Waals surface area contributed by atoms with Gasteiger partial charge < -0.3 is 4.57 Å². The summed E-state index contributed by atoms with van der Waals surface area (Å²) in [6.45, 7) is 2.51. The first kappa shape index (κ1) is 16.9. The predicted molar refractivity (Wildman–Crippen MR) is 104 cm³/mol. The minimum Gasteiger partial charge on any atom is -0.323 e. The molecule has 0 aliphatic heterocycles. The van der Waals surface area contributed by atoms with E-state index in [2.05, 4.69) is 20.7 Å². The van der Waals surface area contributed by atoms with Crippen LogP contribution in [-0.2, 0) is 6.54 Å². The van der Waals surface area contributed by atoms with Gasteiger partial charge in [0.1, 0.15) is 17.5 Å². The van der Waals surface area contributed by atoms with Crippen LogP contribution in [0.5, 0.6) is 0 Å². The first-order valence-electron chi connectivity index (χ1n) is 9.45. The van der Waals surface area contributed by atoms with E-state index in [1.165, 1.54) is 0 Å². The number of aromatic nitrogens is 5. The summed E-state index contributed by atoms with van der Waals surface area (Å²) in [5, 5.41) is 14.6. The first-order valence-corrected chi connectivity index (χ1v) is 9.45. The molecular formula is C21H19FN6. The predicted octanol–water partition coefficient (Wildman–Crippen LogP) is 4.07. The van der Waals surface area contributed by atoms with Gasteiger partial charge in [0.2, 0.25) is 0 Å². The Kier molecular flexibility index (Phi) is 3.86. The monoisotopic (exact) mass is 374 g/mol. The number of hydrogen-bond donors (Lipinski definition) is 0. The van der Waals surface area contributed by atoms with Crippen LogP contribution in [0.1, 0.15) is 42.3 Å². The molecule has 140 valence electrons. The lowest BCUT2D eigenvalue weighted by Crippen LogP contribution is -2.13. The van der Waals surface area contributed by atoms with E-state index in [0.29, 0.717) is 24.9 Å². The van der Waals surface area contributed by atoms with E-state index < -0.39 is 6.17 Å². The smallest absolute Gasteiger partial charge is 0.132 e. The van der Waals surface area contributed by atoms with Crippen LogP contribution in [0.15, 0.2) is 36.8 Å². The fraction of sp³-hybridized carbons (Fsp3) is 0.333. The number of halogens is 1. The summed E-state index contributed by atoms with van der Waals surface area (Å²) >= 11 is 0. The van der Waals surface area contributed by atoms with Gasteiger partial charge in [-0.2, -0.15) is 10.4 Å². The molecule has 7 heteroatoms. The molecule has 1 aliphatic rings. The Labute approximate surface area is 161 Å². The lowest BCUT2D eigenvalue weighted by atomic mass is 10.1. The molecule has 2 atom stereocenters. The van der Waals surface area contributed by atoms with Gasteiger partial charge in [-0.1, -0.05) is 0 Å². The number of nitrogens with zero attached hydrogens (tertiary/aromatic N) is 6. The van der Waals surface area contributed by atoms with Gasteiger partial charge >= 0.3 is 0 Å². The van der Waals surface area contributed by atoms with Crippen LogP contribution in [-0.4, -0.2) is 30.5 Å². The molecule has 3 aromatic heterocycles. The molecule has 0 bridgehead atoms. The van der Waals surface area contributed by atoms with Crippen LogP contribution in [0.4, 0.5) is 4.39 Å². The number of alkyl halides is 1. The van der Waals surface area contributed by atoms with Crippen molar-refractivity contribution in [2.75, 3.05) is 0 Å². The van der Waals surface area contributed by atoms with Crippen molar-refractivity contribution in [2.45, 2.75) is 44.9 Å². The van der Waals surface area contributed by atoms with E-state index in [0.717, 1.165) is 39.7 Å². The molecular weight excluding hydrogens is 355 g/mol. The molecule has 1 saturated carbocycles. The molecule has 1 aliphatic carbocycles. The summed E-state index contributed by atoms with van der Waals surface area (Å²) in [5.41, 5.74) is 4.17. The third kappa shape index (κ3) is 2.73. The number of imidazole rings is 1. The first-order chi connectivity index (χ1) is 13.6. The molecule has 1 fully saturated rings. The molecule has 3 heterocycles. The van der Waals surface area contributed by atoms with Crippen LogP contribution in [0.25, 0.3) is 21.9 Å². The number of rotatable bonds is 3. The van der Waals surface area contributed by atoms with Crippen molar-refractivity contribution in [1.82, 2.24) is 24.3 Å². The molecule has 4 aromatic rings. The summed E-state index contributed by atoms with van der Waals surface area (Å²) in [6, 6.07) is 7.72. The van der Waals surface area contributed by atoms with Gasteiger partial charge in [0.25, 0.3) is 0 Å². The lowest BCUT2D eigenvalue weighted by molar-refractivity contribution is 0.330. The Hall–Kier alpha value is -3.27. The molecule has 6 nitrogen and oxygen atoms in total. The van der Waals surface area contributed by atoms with Crippen LogP contribution in [0, 0.1) is 18.3 Å². The van der Waals surface area contributed by atoms with Gasteiger partial charge in [-0.25, -0.2) is 9.37 Å². The fourth-order valence-corrected chi connectivity index (χ4v) is 4.24. The molecule has 28 heavy (non-hydrogen) atoms. The van der Waals surface area contributed by atoms with E-state index >= 15 is 0 Å². The van der Waals surface area contributed by atoms with Crippen molar-refractivity contribution in [2.24, 2.45) is 0 Å². The highest BCUT2D eigenvalue weighted by atomic mass is 19.1. The van der Waals surface area contributed by atoms with E-state index in [1.54, 1.807) is 12.3 Å². The quantitative estimate of drug-likeness (QED) is 0.542. The summed E-state index contributed by atoms with van der Waals surface area (Å²) in [5.74, 6) is 0.842. The van der Waals surface area contributed by atoms with Crippen LogP contribution in [0.3, 0.4) is 0 Å². The molecule has 0 radical (unpaired) electrons. The third-order valence-corrected chi connectivity index (χ3v) is 5.49. The maximum absolute atomic E-state index is 14.1. The molecule has 1 aromatic carbocycles. The summed E-state index contributed by atoms with van der Waals surface area (Å²) in [6.07, 6.45) is 6.59. The van der Waals surface area contributed by atoms with Gasteiger partial charge in [-0.05, 0) is 49.9 Å². The molecule has 0 saturated heterocycles. The normalized spacial score (nSPS) is 19.5. The number of aryl methyl sites for hydroxylation is 1. The third-order valence-electron chi connectivity index (χ3n) is 5.49. The maximum atomic E-state index is 14.1. The lowest BCUT2D eigenvalue weighted by Gasteiger charge is -2.17. The Morgan fingerprint density at radius 2 is 2.14 bits per heavy atom. The van der Waals surface area contributed by atoms with Crippen LogP contribution in [0.2, 0.25) is 0 Å². The molecule has 0 spiro atoms. The molecule has 5 rings (SSSR count). The average molecular weight is 374 g/mol. The van der Waals surface area contributed by atoms with Gasteiger partial charge in [0, 0.05) is 17.6 Å². The summed E-state index contributed by atoms with van der Waals surface area (Å²) in [7, 11) is 0. The van der Waals surface area contributed by atoms with E-state index in [9.17, 15) is 9.65 Å². The summed E-state index contributed by atoms with van der Waals surface area (Å²) < 4.78 is 18.1. The van der Waals surface area contributed by atoms with Crippen molar-refractivity contribution >= 4 is 21.9 Å². The molecule has 0 N–H and O–H groups in total.